The zero-order valence-corrected chi connectivity index (χ0v) is 15.3. The Morgan fingerprint density at radius 3 is 2.75 bits per heavy atom. The first kappa shape index (κ1) is 17.0. The lowest BCUT2D eigenvalue weighted by atomic mass is 10.2. The van der Waals surface area contributed by atoms with E-state index in [2.05, 4.69) is 32.7 Å². The van der Waals surface area contributed by atoms with E-state index in [1.165, 1.54) is 10.7 Å². The van der Waals surface area contributed by atoms with Crippen LogP contribution in [-0.4, -0.2) is 14.8 Å². The Labute approximate surface area is 155 Å². The largest absolute Gasteiger partial charge is 0.373 e. The molecule has 0 amide bonds. The van der Waals surface area contributed by atoms with Crippen LogP contribution in [0.15, 0.2) is 30.3 Å². The van der Waals surface area contributed by atoms with E-state index in [1.54, 1.807) is 13.0 Å². The van der Waals surface area contributed by atoms with Gasteiger partial charge in [-0.25, -0.2) is 9.67 Å². The van der Waals surface area contributed by atoms with Crippen LogP contribution >= 0.6 is 34.2 Å². The van der Waals surface area contributed by atoms with Crippen molar-refractivity contribution in [1.82, 2.24) is 14.8 Å². The van der Waals surface area contributed by atoms with Gasteiger partial charge >= 0.3 is 5.92 Å². The van der Waals surface area contributed by atoms with Crippen molar-refractivity contribution >= 4 is 45.2 Å². The summed E-state index contributed by atoms with van der Waals surface area (Å²) in [6.45, 7) is 2.08. The van der Waals surface area contributed by atoms with Crippen molar-refractivity contribution in [1.29, 1.82) is 5.26 Å². The highest BCUT2D eigenvalue weighted by Crippen LogP contribution is 2.29. The Kier molecular flexibility index (Phi) is 4.44. The Balaban J connectivity index is 2.15. The number of aryl methyl sites for hydroxylation is 1. The number of benzene rings is 1. The third kappa shape index (κ3) is 2.96. The zero-order chi connectivity index (χ0) is 17.5. The average molecular weight is 459 g/mol. The van der Waals surface area contributed by atoms with Gasteiger partial charge in [0.2, 0.25) is 0 Å². The fourth-order valence-corrected chi connectivity index (χ4v) is 3.45. The van der Waals surface area contributed by atoms with E-state index in [9.17, 15) is 8.78 Å². The second-order valence-electron chi connectivity index (χ2n) is 5.20. The number of halogens is 4. The highest BCUT2D eigenvalue weighted by Gasteiger charge is 2.33. The average Bonchev–Trinajstić information content (AvgIpc) is 2.87. The summed E-state index contributed by atoms with van der Waals surface area (Å²) in [5.74, 6) is -3.64. The molecule has 0 saturated heterocycles. The van der Waals surface area contributed by atoms with Gasteiger partial charge in [-0.1, -0.05) is 17.7 Å². The fraction of sp³-hybridized carbons (Fsp3) is 0.188. The maximum absolute atomic E-state index is 13.6. The smallest absolute Gasteiger partial charge is 0.242 e. The molecule has 24 heavy (non-hydrogen) atoms. The van der Waals surface area contributed by atoms with Crippen molar-refractivity contribution < 1.29 is 8.78 Å². The maximum atomic E-state index is 13.6. The molecule has 0 aliphatic heterocycles. The van der Waals surface area contributed by atoms with Crippen molar-refractivity contribution in [3.63, 3.8) is 0 Å². The number of fused-ring (bicyclic) bond motifs is 1. The predicted octanol–water partition coefficient (Wildman–Crippen LogP) is 4.66. The molecule has 1 aromatic carbocycles. The number of nitriles is 1. The molecule has 0 aliphatic rings. The number of aromatic nitrogens is 3. The van der Waals surface area contributed by atoms with Crippen LogP contribution in [0.1, 0.15) is 17.0 Å². The highest BCUT2D eigenvalue weighted by molar-refractivity contribution is 14.1. The van der Waals surface area contributed by atoms with Crippen molar-refractivity contribution in [3.05, 3.63) is 55.9 Å². The zero-order valence-electron chi connectivity index (χ0n) is 12.4. The molecule has 2 aromatic heterocycles. The summed E-state index contributed by atoms with van der Waals surface area (Å²) in [7, 11) is 0. The minimum absolute atomic E-state index is 0.302. The topological polar surface area (TPSA) is 54.5 Å². The minimum Gasteiger partial charge on any atom is -0.242 e. The molecule has 0 atom stereocenters. The lowest BCUT2D eigenvalue weighted by Crippen LogP contribution is -2.13. The number of pyridine rings is 1. The molecule has 4 nitrogen and oxygen atoms in total. The fourth-order valence-electron chi connectivity index (χ4n) is 2.39. The molecule has 8 heteroatoms. The van der Waals surface area contributed by atoms with Gasteiger partial charge in [-0.05, 0) is 53.8 Å². The summed E-state index contributed by atoms with van der Waals surface area (Å²) in [5.41, 5.74) is 1.22. The molecule has 2 heterocycles. The van der Waals surface area contributed by atoms with Crippen LogP contribution in [0.5, 0.6) is 0 Å². The molecule has 0 bridgehead atoms. The van der Waals surface area contributed by atoms with Crippen LogP contribution in [0.2, 0.25) is 5.02 Å². The van der Waals surface area contributed by atoms with Gasteiger partial charge in [0.15, 0.2) is 5.65 Å². The van der Waals surface area contributed by atoms with E-state index in [4.69, 9.17) is 16.9 Å². The Morgan fingerprint density at radius 2 is 2.08 bits per heavy atom. The quantitative estimate of drug-likeness (QED) is 0.537. The molecular formula is C16H10ClF2IN4. The van der Waals surface area contributed by atoms with Crippen LogP contribution < -0.4 is 0 Å². The minimum atomic E-state index is -3.64. The lowest BCUT2D eigenvalue weighted by Gasteiger charge is -2.10. The predicted molar refractivity (Wildman–Crippen MR) is 95.0 cm³/mol. The molecule has 0 aliphatic carbocycles. The van der Waals surface area contributed by atoms with Crippen molar-refractivity contribution in [2.45, 2.75) is 19.4 Å². The summed E-state index contributed by atoms with van der Waals surface area (Å²) in [4.78, 5) is 3.98. The molecule has 0 spiro atoms. The van der Waals surface area contributed by atoms with Crippen molar-refractivity contribution in [2.24, 2.45) is 0 Å². The number of hydrogen-bond donors (Lipinski definition) is 0. The SMILES string of the molecule is Cc1nn(Cc2c(Cl)cccc2I)c2nc(C(F)(F)C#N)ccc12. The molecule has 3 rings (SSSR count). The van der Waals surface area contributed by atoms with Gasteiger partial charge in [-0.3, -0.25) is 0 Å². The molecule has 122 valence electrons. The van der Waals surface area contributed by atoms with E-state index in [0.29, 0.717) is 28.3 Å². The van der Waals surface area contributed by atoms with Crippen molar-refractivity contribution in [3.8, 4) is 6.07 Å². The van der Waals surface area contributed by atoms with Gasteiger partial charge in [0.25, 0.3) is 0 Å². The van der Waals surface area contributed by atoms with Crippen LogP contribution in [0, 0.1) is 21.8 Å². The first-order valence-corrected chi connectivity index (χ1v) is 8.36. The van der Waals surface area contributed by atoms with Crippen LogP contribution in [0.3, 0.4) is 0 Å². The van der Waals surface area contributed by atoms with Crippen LogP contribution in [0.4, 0.5) is 8.78 Å². The summed E-state index contributed by atoms with van der Waals surface area (Å²) in [5, 5.41) is 14.2. The normalized spacial score (nSPS) is 11.7. The summed E-state index contributed by atoms with van der Waals surface area (Å²) in [6, 6.07) is 9.15. The van der Waals surface area contributed by atoms with E-state index < -0.39 is 11.6 Å². The summed E-state index contributed by atoms with van der Waals surface area (Å²) in [6.07, 6.45) is 0. The van der Waals surface area contributed by atoms with Gasteiger partial charge in [0.1, 0.15) is 11.8 Å². The van der Waals surface area contributed by atoms with Crippen LogP contribution in [0.25, 0.3) is 11.0 Å². The number of alkyl halides is 2. The third-order valence-electron chi connectivity index (χ3n) is 3.61. The second kappa shape index (κ2) is 6.26. The van der Waals surface area contributed by atoms with E-state index >= 15 is 0 Å². The molecule has 0 radical (unpaired) electrons. The van der Waals surface area contributed by atoms with Crippen LogP contribution in [-0.2, 0) is 12.5 Å². The number of nitrogens with zero attached hydrogens (tertiary/aromatic N) is 4. The molecule has 0 fully saturated rings. The second-order valence-corrected chi connectivity index (χ2v) is 6.77. The molecule has 0 unspecified atom stereocenters. The molecular weight excluding hydrogens is 449 g/mol. The van der Waals surface area contributed by atoms with Gasteiger partial charge in [0.05, 0.1) is 12.2 Å². The maximum Gasteiger partial charge on any atom is 0.373 e. The van der Waals surface area contributed by atoms with E-state index in [0.717, 1.165) is 21.3 Å². The third-order valence-corrected chi connectivity index (χ3v) is 4.98. The molecule has 3 aromatic rings. The number of rotatable bonds is 3. The van der Waals surface area contributed by atoms with Gasteiger partial charge in [-0.15, -0.1) is 0 Å². The lowest BCUT2D eigenvalue weighted by molar-refractivity contribution is 0.0566. The van der Waals surface area contributed by atoms with Gasteiger partial charge in [-0.2, -0.15) is 19.1 Å². The molecule has 0 N–H and O–H groups in total. The Hall–Kier alpha value is -1.79. The number of hydrogen-bond acceptors (Lipinski definition) is 3. The molecule has 0 saturated carbocycles. The van der Waals surface area contributed by atoms with E-state index in [-0.39, 0.29) is 0 Å². The first-order valence-electron chi connectivity index (χ1n) is 6.90. The van der Waals surface area contributed by atoms with Gasteiger partial charge < -0.3 is 0 Å². The van der Waals surface area contributed by atoms with Gasteiger partial charge in [0, 0.05) is 19.5 Å². The highest BCUT2D eigenvalue weighted by atomic mass is 127. The Bertz CT molecular complexity index is 958. The summed E-state index contributed by atoms with van der Waals surface area (Å²) < 4.78 is 29.7. The first-order chi connectivity index (χ1) is 11.3. The Morgan fingerprint density at radius 1 is 1.33 bits per heavy atom. The van der Waals surface area contributed by atoms with E-state index in [1.807, 2.05) is 12.1 Å². The standard InChI is InChI=1S/C16H10ClF2IN4/c1-9-10-5-6-14(16(18,19)8-21)22-15(10)24(23-9)7-11-12(17)3-2-4-13(11)20/h2-6H,7H2,1H3. The monoisotopic (exact) mass is 458 g/mol. The summed E-state index contributed by atoms with van der Waals surface area (Å²) >= 11 is 8.39. The van der Waals surface area contributed by atoms with Crippen molar-refractivity contribution in [2.75, 3.05) is 0 Å².